The summed E-state index contributed by atoms with van der Waals surface area (Å²) in [7, 11) is 0. The smallest absolute Gasteiger partial charge is 0.139 e. The van der Waals surface area contributed by atoms with Crippen LogP contribution in [0.2, 0.25) is 0 Å². The quantitative estimate of drug-likeness (QED) is 0.680. The maximum atomic E-state index is 11.7. The van der Waals surface area contributed by atoms with E-state index in [-0.39, 0.29) is 5.92 Å². The maximum Gasteiger partial charge on any atom is 0.139 e. The van der Waals surface area contributed by atoms with Crippen LogP contribution >= 0.6 is 0 Å². The Bertz CT molecular complexity index is 227. The van der Waals surface area contributed by atoms with Crippen LogP contribution in [0.4, 0.5) is 0 Å². The number of hydrogen-bond donors (Lipinski definition) is 1. The van der Waals surface area contributed by atoms with E-state index in [9.17, 15) is 4.79 Å². The molecule has 2 fully saturated rings. The number of hydrogen-bond acceptors (Lipinski definition) is 3. The zero-order chi connectivity index (χ0) is 9.97. The van der Waals surface area contributed by atoms with Gasteiger partial charge < -0.3 is 10.1 Å². The zero-order valence-electron chi connectivity index (χ0n) is 8.37. The fourth-order valence-corrected chi connectivity index (χ4v) is 2.41. The number of rotatable bonds is 3. The van der Waals surface area contributed by atoms with Gasteiger partial charge in [0.2, 0.25) is 0 Å². The summed E-state index contributed by atoms with van der Waals surface area (Å²) in [4.78, 5) is 11.7. The summed E-state index contributed by atoms with van der Waals surface area (Å²) in [6, 6.07) is 0.780. The average Bonchev–Trinajstić information content (AvgIpc) is 2.17. The number of morpholine rings is 1. The van der Waals surface area contributed by atoms with Crippen molar-refractivity contribution in [1.29, 1.82) is 0 Å². The number of piperidine rings is 1. The Hall–Kier alpha value is -0.670. The van der Waals surface area contributed by atoms with Gasteiger partial charge in [0.1, 0.15) is 5.78 Å². The average molecular weight is 195 g/mol. The van der Waals surface area contributed by atoms with Gasteiger partial charge in [-0.05, 0) is 12.8 Å². The molecule has 0 aromatic carbocycles. The molecule has 1 N–H and O–H groups in total. The van der Waals surface area contributed by atoms with Crippen molar-refractivity contribution in [3.8, 4) is 0 Å². The van der Waals surface area contributed by atoms with Crippen molar-refractivity contribution in [3.05, 3.63) is 12.7 Å². The van der Waals surface area contributed by atoms with Crippen molar-refractivity contribution in [2.24, 2.45) is 5.92 Å². The summed E-state index contributed by atoms with van der Waals surface area (Å²) in [5, 5.41) is 3.48. The highest BCUT2D eigenvalue weighted by Crippen LogP contribution is 2.25. The Labute approximate surface area is 84.5 Å². The van der Waals surface area contributed by atoms with E-state index in [1.165, 1.54) is 0 Å². The van der Waals surface area contributed by atoms with Gasteiger partial charge in [-0.25, -0.2) is 0 Å². The number of Topliss-reactive ketones (excluding diaryl/α,β-unsaturated/α-hetero) is 1. The van der Waals surface area contributed by atoms with Crippen LogP contribution in [0.1, 0.15) is 19.3 Å². The van der Waals surface area contributed by atoms with Crippen molar-refractivity contribution < 1.29 is 9.53 Å². The van der Waals surface area contributed by atoms with E-state index >= 15 is 0 Å². The van der Waals surface area contributed by atoms with Gasteiger partial charge in [0.15, 0.2) is 0 Å². The summed E-state index contributed by atoms with van der Waals surface area (Å²) in [6.45, 7) is 5.12. The third-order valence-electron chi connectivity index (χ3n) is 3.05. The molecular formula is C11H17NO2. The molecule has 2 aliphatic heterocycles. The second kappa shape index (κ2) is 4.24. The highest BCUT2D eigenvalue weighted by atomic mass is 16.5. The summed E-state index contributed by atoms with van der Waals surface area (Å²) in [5.41, 5.74) is 0. The van der Waals surface area contributed by atoms with E-state index in [0.717, 1.165) is 26.1 Å². The molecule has 0 spiro atoms. The van der Waals surface area contributed by atoms with E-state index in [4.69, 9.17) is 4.74 Å². The van der Waals surface area contributed by atoms with Crippen LogP contribution in [0.5, 0.6) is 0 Å². The van der Waals surface area contributed by atoms with Crippen molar-refractivity contribution >= 4 is 5.78 Å². The van der Waals surface area contributed by atoms with E-state index in [0.29, 0.717) is 24.3 Å². The monoisotopic (exact) mass is 195 g/mol. The lowest BCUT2D eigenvalue weighted by Crippen LogP contribution is -2.55. The molecule has 0 aromatic rings. The lowest BCUT2D eigenvalue weighted by atomic mass is 9.83. The van der Waals surface area contributed by atoms with Crippen LogP contribution in [0, 0.1) is 5.92 Å². The highest BCUT2D eigenvalue weighted by molar-refractivity contribution is 5.82. The van der Waals surface area contributed by atoms with Crippen LogP contribution < -0.4 is 5.32 Å². The molecule has 2 bridgehead atoms. The molecule has 0 aliphatic carbocycles. The second-order valence-electron chi connectivity index (χ2n) is 4.23. The molecule has 0 radical (unpaired) electrons. The fourth-order valence-electron chi connectivity index (χ4n) is 2.41. The highest BCUT2D eigenvalue weighted by Gasteiger charge is 2.34. The summed E-state index contributed by atoms with van der Waals surface area (Å²) >= 11 is 0. The van der Waals surface area contributed by atoms with Crippen LogP contribution in [0.15, 0.2) is 12.7 Å². The lowest BCUT2D eigenvalue weighted by molar-refractivity contribution is -0.125. The van der Waals surface area contributed by atoms with Crippen molar-refractivity contribution in [1.82, 2.24) is 5.32 Å². The number of carbonyl (C=O) groups excluding carboxylic acids is 1. The van der Waals surface area contributed by atoms with Crippen molar-refractivity contribution in [2.75, 3.05) is 13.2 Å². The minimum Gasteiger partial charge on any atom is -0.378 e. The van der Waals surface area contributed by atoms with Gasteiger partial charge in [-0.2, -0.15) is 0 Å². The van der Waals surface area contributed by atoms with E-state index in [2.05, 4.69) is 11.9 Å². The Morgan fingerprint density at radius 1 is 1.43 bits per heavy atom. The summed E-state index contributed by atoms with van der Waals surface area (Å²) in [6.07, 6.45) is 4.09. The molecule has 2 saturated heterocycles. The first-order valence-corrected chi connectivity index (χ1v) is 5.27. The van der Waals surface area contributed by atoms with E-state index < -0.39 is 0 Å². The van der Waals surface area contributed by atoms with Crippen LogP contribution in [-0.4, -0.2) is 31.1 Å². The molecule has 2 atom stereocenters. The molecule has 3 heteroatoms. The van der Waals surface area contributed by atoms with Gasteiger partial charge >= 0.3 is 0 Å². The predicted molar refractivity (Wildman–Crippen MR) is 54.1 cm³/mol. The van der Waals surface area contributed by atoms with E-state index in [1.807, 2.05) is 0 Å². The van der Waals surface area contributed by atoms with Gasteiger partial charge in [-0.1, -0.05) is 6.08 Å². The predicted octanol–water partition coefficient (Wildman–Crippen LogP) is 0.899. The van der Waals surface area contributed by atoms with Gasteiger partial charge in [-0.3, -0.25) is 4.79 Å². The summed E-state index contributed by atoms with van der Waals surface area (Å²) < 4.78 is 5.43. The number of allylic oxidation sites excluding steroid dienone is 1. The minimum absolute atomic E-state index is 0.230. The first kappa shape index (κ1) is 9.87. The zero-order valence-corrected chi connectivity index (χ0v) is 8.37. The largest absolute Gasteiger partial charge is 0.378 e. The molecule has 78 valence electrons. The van der Waals surface area contributed by atoms with Gasteiger partial charge in [0, 0.05) is 24.4 Å². The van der Waals surface area contributed by atoms with Gasteiger partial charge in [0.05, 0.1) is 13.2 Å². The molecule has 2 heterocycles. The molecule has 14 heavy (non-hydrogen) atoms. The first-order chi connectivity index (χ1) is 6.79. The lowest BCUT2D eigenvalue weighted by Gasteiger charge is -2.39. The molecule has 2 rings (SSSR count). The fraction of sp³-hybridized carbons (Fsp3) is 0.727. The van der Waals surface area contributed by atoms with Crippen LogP contribution in [-0.2, 0) is 9.53 Å². The van der Waals surface area contributed by atoms with Crippen molar-refractivity contribution in [2.45, 2.75) is 31.3 Å². The van der Waals surface area contributed by atoms with Gasteiger partial charge in [0.25, 0.3) is 0 Å². The molecule has 2 aliphatic rings. The number of ether oxygens (including phenoxy) is 1. The Morgan fingerprint density at radius 2 is 2.07 bits per heavy atom. The SMILES string of the molecule is C=CCC(=O)C1CC2COCC(C1)N2. The molecule has 2 unspecified atom stereocenters. The normalized spacial score (nSPS) is 36.4. The number of nitrogens with one attached hydrogen (secondary N) is 1. The second-order valence-corrected chi connectivity index (χ2v) is 4.23. The standard InChI is InChI=1S/C11H17NO2/c1-2-3-11(13)8-4-9-6-14-7-10(5-8)12-9/h2,8-10,12H,1,3-7H2. The molecule has 0 saturated carbocycles. The molecule has 3 nitrogen and oxygen atoms in total. The topological polar surface area (TPSA) is 38.3 Å². The van der Waals surface area contributed by atoms with Gasteiger partial charge in [-0.15, -0.1) is 6.58 Å². The minimum atomic E-state index is 0.230. The van der Waals surface area contributed by atoms with E-state index in [1.54, 1.807) is 6.08 Å². The first-order valence-electron chi connectivity index (χ1n) is 5.27. The van der Waals surface area contributed by atoms with Crippen molar-refractivity contribution in [3.63, 3.8) is 0 Å². The number of fused-ring (bicyclic) bond motifs is 2. The Balaban J connectivity index is 1.94. The molecular weight excluding hydrogens is 178 g/mol. The number of ketones is 1. The molecule has 0 amide bonds. The number of carbonyl (C=O) groups is 1. The Kier molecular flexibility index (Phi) is 2.99. The maximum absolute atomic E-state index is 11.7. The third-order valence-corrected chi connectivity index (χ3v) is 3.05. The van der Waals surface area contributed by atoms with Crippen LogP contribution in [0.25, 0.3) is 0 Å². The molecule has 0 aromatic heterocycles. The summed E-state index contributed by atoms with van der Waals surface area (Å²) in [5.74, 6) is 0.576. The Morgan fingerprint density at radius 3 is 2.64 bits per heavy atom. The van der Waals surface area contributed by atoms with Crippen LogP contribution in [0.3, 0.4) is 0 Å². The third kappa shape index (κ3) is 2.04.